The fraction of sp³-hybridized carbons (Fsp3) is 0.462. The van der Waals surface area contributed by atoms with E-state index in [4.69, 9.17) is 0 Å². The molecule has 2 aromatic heterocycles. The Morgan fingerprint density at radius 1 is 1.25 bits per heavy atom. The topological polar surface area (TPSA) is 67.7 Å². The van der Waals surface area contributed by atoms with Crippen LogP contribution < -0.4 is 10.6 Å². The Morgan fingerprint density at radius 3 is 2.80 bits per heavy atom. The molecule has 0 bridgehead atoms. The standard InChI is InChI=1S/C13H19FN6/c1-3-4-16-13-17-8-11(14)12(19-13)15-5-6-20-9-10(2)7-18-20/h7-9H,3-6H2,1-2H3,(H2,15,16,17,19). The summed E-state index contributed by atoms with van der Waals surface area (Å²) in [6, 6.07) is 0. The summed E-state index contributed by atoms with van der Waals surface area (Å²) in [6.07, 6.45) is 5.86. The van der Waals surface area contributed by atoms with Gasteiger partial charge in [-0.2, -0.15) is 10.1 Å². The predicted octanol–water partition coefficient (Wildman–Crippen LogP) is 2.05. The van der Waals surface area contributed by atoms with Gasteiger partial charge in [0.1, 0.15) is 0 Å². The molecule has 108 valence electrons. The molecule has 0 saturated carbocycles. The van der Waals surface area contributed by atoms with E-state index in [1.807, 2.05) is 20.0 Å². The van der Waals surface area contributed by atoms with Gasteiger partial charge in [-0.1, -0.05) is 6.92 Å². The van der Waals surface area contributed by atoms with Gasteiger partial charge in [0, 0.05) is 19.3 Å². The van der Waals surface area contributed by atoms with Crippen LogP contribution in [0.2, 0.25) is 0 Å². The molecule has 6 nitrogen and oxygen atoms in total. The highest BCUT2D eigenvalue weighted by atomic mass is 19.1. The second-order valence-electron chi connectivity index (χ2n) is 4.52. The van der Waals surface area contributed by atoms with Gasteiger partial charge in [-0.05, 0) is 18.9 Å². The zero-order valence-corrected chi connectivity index (χ0v) is 11.7. The van der Waals surface area contributed by atoms with Gasteiger partial charge in [-0.25, -0.2) is 9.37 Å². The van der Waals surface area contributed by atoms with Gasteiger partial charge in [0.05, 0.1) is 18.9 Å². The summed E-state index contributed by atoms with van der Waals surface area (Å²) in [5.74, 6) is 0.192. The summed E-state index contributed by atoms with van der Waals surface area (Å²) in [6.45, 7) is 5.98. The largest absolute Gasteiger partial charge is 0.366 e. The molecule has 0 aliphatic carbocycles. The van der Waals surface area contributed by atoms with Crippen LogP contribution in [0.5, 0.6) is 0 Å². The molecule has 0 aliphatic heterocycles. The van der Waals surface area contributed by atoms with Crippen LogP contribution in [-0.2, 0) is 6.54 Å². The van der Waals surface area contributed by atoms with Crippen LogP contribution in [-0.4, -0.2) is 32.8 Å². The minimum atomic E-state index is -0.455. The minimum absolute atomic E-state index is 0.211. The van der Waals surface area contributed by atoms with Gasteiger partial charge in [0.15, 0.2) is 11.6 Å². The quantitative estimate of drug-likeness (QED) is 0.811. The zero-order chi connectivity index (χ0) is 14.4. The van der Waals surface area contributed by atoms with Crippen LogP contribution >= 0.6 is 0 Å². The van der Waals surface area contributed by atoms with Crippen molar-refractivity contribution in [1.29, 1.82) is 0 Å². The molecule has 2 aromatic rings. The van der Waals surface area contributed by atoms with Crippen LogP contribution in [0.1, 0.15) is 18.9 Å². The maximum atomic E-state index is 13.6. The van der Waals surface area contributed by atoms with Crippen LogP contribution in [0.4, 0.5) is 16.2 Å². The van der Waals surface area contributed by atoms with E-state index in [1.165, 1.54) is 6.20 Å². The number of hydrogen-bond acceptors (Lipinski definition) is 5. The number of aryl methyl sites for hydroxylation is 1. The van der Waals surface area contributed by atoms with Crippen molar-refractivity contribution in [2.75, 3.05) is 23.7 Å². The first-order valence-electron chi connectivity index (χ1n) is 6.68. The van der Waals surface area contributed by atoms with E-state index in [0.29, 0.717) is 19.0 Å². The second-order valence-corrected chi connectivity index (χ2v) is 4.52. The van der Waals surface area contributed by atoms with Crippen LogP contribution in [0.3, 0.4) is 0 Å². The Balaban J connectivity index is 1.90. The highest BCUT2D eigenvalue weighted by Crippen LogP contribution is 2.11. The lowest BCUT2D eigenvalue weighted by Gasteiger charge is -2.09. The van der Waals surface area contributed by atoms with Crippen molar-refractivity contribution in [2.45, 2.75) is 26.8 Å². The molecule has 2 rings (SSSR count). The van der Waals surface area contributed by atoms with E-state index in [2.05, 4.69) is 25.7 Å². The molecular weight excluding hydrogens is 259 g/mol. The highest BCUT2D eigenvalue weighted by molar-refractivity contribution is 5.40. The van der Waals surface area contributed by atoms with Gasteiger partial charge < -0.3 is 10.6 Å². The van der Waals surface area contributed by atoms with Crippen LogP contribution in [0, 0.1) is 12.7 Å². The first-order valence-corrected chi connectivity index (χ1v) is 6.68. The predicted molar refractivity (Wildman–Crippen MR) is 76.2 cm³/mol. The number of anilines is 2. The summed E-state index contributed by atoms with van der Waals surface area (Å²) < 4.78 is 15.4. The number of halogens is 1. The number of nitrogens with one attached hydrogen (secondary N) is 2. The average molecular weight is 278 g/mol. The third-order valence-corrected chi connectivity index (χ3v) is 2.67. The van der Waals surface area contributed by atoms with Gasteiger partial charge in [0.25, 0.3) is 0 Å². The third-order valence-electron chi connectivity index (χ3n) is 2.67. The zero-order valence-electron chi connectivity index (χ0n) is 11.7. The first-order chi connectivity index (χ1) is 9.69. The molecule has 0 spiro atoms. The molecule has 7 heteroatoms. The SMILES string of the molecule is CCCNc1ncc(F)c(NCCn2cc(C)cn2)n1. The molecule has 0 unspecified atom stereocenters. The molecule has 20 heavy (non-hydrogen) atoms. The Labute approximate surface area is 117 Å². The Hall–Kier alpha value is -2.18. The normalized spacial score (nSPS) is 10.6. The summed E-state index contributed by atoms with van der Waals surface area (Å²) in [7, 11) is 0. The lowest BCUT2D eigenvalue weighted by Crippen LogP contribution is -2.14. The van der Waals surface area contributed by atoms with Crippen molar-refractivity contribution in [3.05, 3.63) is 30.0 Å². The molecule has 0 fully saturated rings. The Bertz CT molecular complexity index is 554. The molecule has 0 radical (unpaired) electrons. The van der Waals surface area contributed by atoms with Gasteiger partial charge in [-0.3, -0.25) is 4.68 Å². The van der Waals surface area contributed by atoms with Crippen molar-refractivity contribution in [2.24, 2.45) is 0 Å². The van der Waals surface area contributed by atoms with E-state index in [-0.39, 0.29) is 5.82 Å². The van der Waals surface area contributed by atoms with Crippen LogP contribution in [0.15, 0.2) is 18.6 Å². The van der Waals surface area contributed by atoms with E-state index in [0.717, 1.165) is 18.5 Å². The molecule has 0 amide bonds. The second kappa shape index (κ2) is 6.83. The van der Waals surface area contributed by atoms with Crippen molar-refractivity contribution in [3.8, 4) is 0 Å². The van der Waals surface area contributed by atoms with Crippen LogP contribution in [0.25, 0.3) is 0 Å². The maximum absolute atomic E-state index is 13.6. The van der Waals surface area contributed by atoms with E-state index in [9.17, 15) is 4.39 Å². The van der Waals surface area contributed by atoms with Crippen molar-refractivity contribution in [3.63, 3.8) is 0 Å². The summed E-state index contributed by atoms with van der Waals surface area (Å²) in [4.78, 5) is 8.00. The van der Waals surface area contributed by atoms with E-state index >= 15 is 0 Å². The van der Waals surface area contributed by atoms with E-state index < -0.39 is 5.82 Å². The van der Waals surface area contributed by atoms with Crippen molar-refractivity contribution in [1.82, 2.24) is 19.7 Å². The molecular formula is C13H19FN6. The number of hydrogen-bond donors (Lipinski definition) is 2. The molecule has 2 N–H and O–H groups in total. The van der Waals surface area contributed by atoms with E-state index in [1.54, 1.807) is 10.9 Å². The number of nitrogens with zero attached hydrogens (tertiary/aromatic N) is 4. The highest BCUT2D eigenvalue weighted by Gasteiger charge is 2.06. The number of rotatable bonds is 7. The lowest BCUT2D eigenvalue weighted by molar-refractivity contribution is 0.607. The molecule has 0 aliphatic rings. The maximum Gasteiger partial charge on any atom is 0.224 e. The fourth-order valence-electron chi connectivity index (χ4n) is 1.69. The summed E-state index contributed by atoms with van der Waals surface area (Å²) >= 11 is 0. The smallest absolute Gasteiger partial charge is 0.224 e. The summed E-state index contributed by atoms with van der Waals surface area (Å²) in [5, 5.41) is 10.2. The lowest BCUT2D eigenvalue weighted by atomic mass is 10.4. The molecule has 0 aromatic carbocycles. The Morgan fingerprint density at radius 2 is 2.10 bits per heavy atom. The third kappa shape index (κ3) is 3.91. The number of aromatic nitrogens is 4. The average Bonchev–Trinajstić information content (AvgIpc) is 2.85. The minimum Gasteiger partial charge on any atom is -0.366 e. The van der Waals surface area contributed by atoms with Gasteiger partial charge >= 0.3 is 0 Å². The van der Waals surface area contributed by atoms with Gasteiger partial charge in [0.2, 0.25) is 5.95 Å². The van der Waals surface area contributed by atoms with Gasteiger partial charge in [-0.15, -0.1) is 0 Å². The van der Waals surface area contributed by atoms with Crippen molar-refractivity contribution >= 4 is 11.8 Å². The Kier molecular flexibility index (Phi) is 4.86. The molecule has 0 atom stereocenters. The monoisotopic (exact) mass is 278 g/mol. The molecule has 0 saturated heterocycles. The first kappa shape index (κ1) is 14.2. The molecule has 2 heterocycles. The van der Waals surface area contributed by atoms with Crippen molar-refractivity contribution < 1.29 is 4.39 Å². The fourth-order valence-corrected chi connectivity index (χ4v) is 1.69. The summed E-state index contributed by atoms with van der Waals surface area (Å²) in [5.41, 5.74) is 1.10.